The van der Waals surface area contributed by atoms with Crippen molar-refractivity contribution in [2.45, 2.75) is 4.90 Å². The van der Waals surface area contributed by atoms with Gasteiger partial charge in [0, 0.05) is 11.1 Å². The van der Waals surface area contributed by atoms with Crippen molar-refractivity contribution >= 4 is 32.6 Å². The minimum atomic E-state index is -3.77. The average molecular weight is 346 g/mol. The Hall–Kier alpha value is -2.84. The fraction of sp³-hybridized carbons (Fsp3) is 0.0625. The van der Waals surface area contributed by atoms with Crippen LogP contribution in [0.5, 0.6) is 5.75 Å². The molecule has 0 radical (unpaired) electrons. The Labute approximate surface area is 138 Å². The minimum Gasteiger partial charge on any atom is -0.493 e. The first kappa shape index (κ1) is 16.0. The lowest BCUT2D eigenvalue weighted by atomic mass is 10.2. The van der Waals surface area contributed by atoms with Crippen LogP contribution >= 0.6 is 0 Å². The van der Waals surface area contributed by atoms with Crippen LogP contribution in [0.2, 0.25) is 0 Å². The minimum absolute atomic E-state index is 0.0334. The van der Waals surface area contributed by atoms with Gasteiger partial charge in [-0.15, -0.1) is 0 Å². The van der Waals surface area contributed by atoms with E-state index in [1.807, 2.05) is 0 Å². The van der Waals surface area contributed by atoms with Crippen LogP contribution in [0.15, 0.2) is 57.8 Å². The highest BCUT2D eigenvalue weighted by Crippen LogP contribution is 2.28. The predicted octanol–water partition coefficient (Wildman–Crippen LogP) is 2.34. The molecule has 0 atom stereocenters. The van der Waals surface area contributed by atoms with Crippen molar-refractivity contribution in [3.8, 4) is 5.75 Å². The molecule has 0 aliphatic carbocycles. The molecule has 0 bridgehead atoms. The van der Waals surface area contributed by atoms with Crippen molar-refractivity contribution in [3.63, 3.8) is 0 Å². The maximum Gasteiger partial charge on any atom is 0.291 e. The van der Waals surface area contributed by atoms with Gasteiger partial charge in [0.1, 0.15) is 0 Å². The van der Waals surface area contributed by atoms with Gasteiger partial charge in [-0.1, -0.05) is 12.1 Å². The number of fused-ring (bicyclic) bond motifs is 1. The number of sulfonamides is 1. The number of nitrogens with one attached hydrogen (secondary N) is 1. The molecule has 0 saturated heterocycles. The van der Waals surface area contributed by atoms with Gasteiger partial charge in [0.2, 0.25) is 10.0 Å². The number of amides is 1. The molecule has 2 aromatic carbocycles. The van der Waals surface area contributed by atoms with Crippen LogP contribution in [-0.2, 0) is 10.0 Å². The van der Waals surface area contributed by atoms with Crippen LogP contribution in [0.4, 0.5) is 5.69 Å². The van der Waals surface area contributed by atoms with E-state index in [2.05, 4.69) is 5.32 Å². The van der Waals surface area contributed by atoms with E-state index in [9.17, 15) is 13.2 Å². The van der Waals surface area contributed by atoms with E-state index in [-0.39, 0.29) is 10.7 Å². The second kappa shape index (κ2) is 5.99. The zero-order chi connectivity index (χ0) is 17.3. The van der Waals surface area contributed by atoms with Gasteiger partial charge in [0.15, 0.2) is 17.1 Å². The SMILES string of the molecule is COc1cccc2cc(C(=O)Nc3ccc(S(N)(=O)=O)cc3)oc12. The van der Waals surface area contributed by atoms with Crippen molar-refractivity contribution in [3.05, 3.63) is 54.3 Å². The van der Waals surface area contributed by atoms with Crippen LogP contribution < -0.4 is 15.2 Å². The summed E-state index contributed by atoms with van der Waals surface area (Å²) in [7, 11) is -2.25. The number of carbonyl (C=O) groups excluding carboxylic acids is 1. The monoisotopic (exact) mass is 346 g/mol. The van der Waals surface area contributed by atoms with Crippen LogP contribution in [0, 0.1) is 0 Å². The highest BCUT2D eigenvalue weighted by atomic mass is 32.2. The second-order valence-corrected chi connectivity index (χ2v) is 6.57. The highest BCUT2D eigenvalue weighted by Gasteiger charge is 2.15. The van der Waals surface area contributed by atoms with Gasteiger partial charge in [0.25, 0.3) is 5.91 Å². The average Bonchev–Trinajstić information content (AvgIpc) is 2.98. The maximum absolute atomic E-state index is 12.3. The Balaban J connectivity index is 1.85. The normalized spacial score (nSPS) is 11.4. The van der Waals surface area contributed by atoms with Crippen molar-refractivity contribution < 1.29 is 22.4 Å². The van der Waals surface area contributed by atoms with E-state index in [1.165, 1.54) is 31.4 Å². The Morgan fingerprint density at radius 3 is 2.50 bits per heavy atom. The lowest BCUT2D eigenvalue weighted by molar-refractivity contribution is 0.0998. The molecule has 1 aromatic heterocycles. The molecule has 0 spiro atoms. The number of ether oxygens (including phenoxy) is 1. The molecule has 0 fully saturated rings. The topological polar surface area (TPSA) is 112 Å². The molecule has 24 heavy (non-hydrogen) atoms. The number of rotatable bonds is 4. The number of hydrogen-bond acceptors (Lipinski definition) is 5. The summed E-state index contributed by atoms with van der Waals surface area (Å²) in [5, 5.41) is 8.39. The summed E-state index contributed by atoms with van der Waals surface area (Å²) in [5.41, 5.74) is 0.898. The van der Waals surface area contributed by atoms with Gasteiger partial charge in [-0.05, 0) is 36.4 Å². The van der Waals surface area contributed by atoms with Gasteiger partial charge in [-0.25, -0.2) is 13.6 Å². The summed E-state index contributed by atoms with van der Waals surface area (Å²) in [4.78, 5) is 12.2. The number of nitrogens with two attached hydrogens (primary N) is 1. The molecule has 1 amide bonds. The number of furan rings is 1. The van der Waals surface area contributed by atoms with E-state index in [0.717, 1.165) is 5.39 Å². The molecule has 3 rings (SSSR count). The number of anilines is 1. The third-order valence-corrected chi connectivity index (χ3v) is 4.32. The van der Waals surface area contributed by atoms with Gasteiger partial charge < -0.3 is 14.5 Å². The third kappa shape index (κ3) is 3.10. The number of hydrogen-bond donors (Lipinski definition) is 2. The number of carbonyl (C=O) groups is 1. The van der Waals surface area contributed by atoms with Gasteiger partial charge in [-0.2, -0.15) is 0 Å². The van der Waals surface area contributed by atoms with Crippen LogP contribution in [0.25, 0.3) is 11.0 Å². The first-order valence-corrected chi connectivity index (χ1v) is 8.44. The lowest BCUT2D eigenvalue weighted by Crippen LogP contribution is -2.13. The van der Waals surface area contributed by atoms with E-state index in [1.54, 1.807) is 24.3 Å². The summed E-state index contributed by atoms with van der Waals surface area (Å²) < 4.78 is 33.2. The molecule has 1 heterocycles. The van der Waals surface area contributed by atoms with Gasteiger partial charge in [-0.3, -0.25) is 4.79 Å². The van der Waals surface area contributed by atoms with E-state index >= 15 is 0 Å². The fourth-order valence-corrected chi connectivity index (χ4v) is 2.75. The third-order valence-electron chi connectivity index (χ3n) is 3.39. The van der Waals surface area contributed by atoms with Gasteiger partial charge >= 0.3 is 0 Å². The first-order chi connectivity index (χ1) is 11.4. The lowest BCUT2D eigenvalue weighted by Gasteiger charge is -2.04. The highest BCUT2D eigenvalue weighted by molar-refractivity contribution is 7.89. The molecule has 0 aliphatic rings. The zero-order valence-corrected chi connectivity index (χ0v) is 13.5. The molecule has 3 N–H and O–H groups in total. The van der Waals surface area contributed by atoms with Crippen molar-refractivity contribution in [1.29, 1.82) is 0 Å². The fourth-order valence-electron chi connectivity index (χ4n) is 2.23. The van der Waals surface area contributed by atoms with Crippen molar-refractivity contribution in [2.24, 2.45) is 5.14 Å². The van der Waals surface area contributed by atoms with E-state index < -0.39 is 15.9 Å². The summed E-state index contributed by atoms with van der Waals surface area (Å²) in [6.07, 6.45) is 0. The Morgan fingerprint density at radius 2 is 1.88 bits per heavy atom. The number of para-hydroxylation sites is 1. The largest absolute Gasteiger partial charge is 0.493 e. The summed E-state index contributed by atoms with van der Waals surface area (Å²) in [5.74, 6) is 0.186. The second-order valence-electron chi connectivity index (χ2n) is 5.01. The maximum atomic E-state index is 12.3. The molecule has 7 nitrogen and oxygen atoms in total. The zero-order valence-electron chi connectivity index (χ0n) is 12.6. The van der Waals surface area contributed by atoms with Gasteiger partial charge in [0.05, 0.1) is 12.0 Å². The van der Waals surface area contributed by atoms with E-state index in [4.69, 9.17) is 14.3 Å². The molecule has 0 aliphatic heterocycles. The molecule has 0 unspecified atom stereocenters. The predicted molar refractivity (Wildman–Crippen MR) is 88.5 cm³/mol. The quantitative estimate of drug-likeness (QED) is 0.753. The molecule has 8 heteroatoms. The summed E-state index contributed by atoms with van der Waals surface area (Å²) >= 11 is 0. The summed E-state index contributed by atoms with van der Waals surface area (Å²) in [6.45, 7) is 0. The van der Waals surface area contributed by atoms with Crippen LogP contribution in [-0.4, -0.2) is 21.4 Å². The molecular weight excluding hydrogens is 332 g/mol. The number of methoxy groups -OCH3 is 1. The number of primary sulfonamides is 1. The van der Waals surface area contributed by atoms with Crippen LogP contribution in [0.1, 0.15) is 10.6 Å². The van der Waals surface area contributed by atoms with E-state index in [0.29, 0.717) is 17.0 Å². The first-order valence-electron chi connectivity index (χ1n) is 6.89. The summed E-state index contributed by atoms with van der Waals surface area (Å²) in [6, 6.07) is 12.5. The molecule has 0 saturated carbocycles. The van der Waals surface area contributed by atoms with Crippen LogP contribution in [0.3, 0.4) is 0 Å². The smallest absolute Gasteiger partial charge is 0.291 e. The molecule has 124 valence electrons. The molecular formula is C16H14N2O5S. The van der Waals surface area contributed by atoms with Crippen molar-refractivity contribution in [2.75, 3.05) is 12.4 Å². The van der Waals surface area contributed by atoms with Crippen molar-refractivity contribution in [1.82, 2.24) is 0 Å². The molecule has 3 aromatic rings. The Morgan fingerprint density at radius 1 is 1.17 bits per heavy atom. The Bertz CT molecular complexity index is 1010. The number of benzene rings is 2. The standard InChI is InChI=1S/C16H14N2O5S/c1-22-13-4-2-3-10-9-14(23-15(10)13)16(19)18-11-5-7-12(8-6-11)24(17,20)21/h2-9H,1H3,(H,18,19)(H2,17,20,21). The Kier molecular flexibility index (Phi) is 4.00.